The summed E-state index contributed by atoms with van der Waals surface area (Å²) in [6.07, 6.45) is 4.20. The summed E-state index contributed by atoms with van der Waals surface area (Å²) in [4.78, 5) is 13.3. The molecule has 1 aromatic carbocycles. The van der Waals surface area contributed by atoms with E-state index in [1.165, 1.54) is 0 Å². The third kappa shape index (κ3) is 3.25. The van der Waals surface area contributed by atoms with E-state index in [0.29, 0.717) is 22.8 Å². The first-order valence-electron chi connectivity index (χ1n) is 8.77. The molecule has 1 N–H and O–H groups in total. The van der Waals surface area contributed by atoms with Crippen molar-refractivity contribution in [1.82, 2.24) is 15.0 Å². The van der Waals surface area contributed by atoms with Gasteiger partial charge in [0, 0.05) is 29.5 Å². The van der Waals surface area contributed by atoms with Crippen molar-refractivity contribution >= 4 is 10.9 Å². The van der Waals surface area contributed by atoms with Crippen LogP contribution < -0.4 is 9.47 Å². The fraction of sp³-hybridized carbons (Fsp3) is 0.136. The quantitative estimate of drug-likeness (QED) is 0.573. The van der Waals surface area contributed by atoms with Crippen LogP contribution in [0.1, 0.15) is 17.4 Å². The second-order valence-electron chi connectivity index (χ2n) is 6.22. The third-order valence-electron chi connectivity index (χ3n) is 4.59. The van der Waals surface area contributed by atoms with Crippen LogP contribution in [0.2, 0.25) is 0 Å². The smallest absolute Gasteiger partial charge is 0.161 e. The Morgan fingerprint density at radius 3 is 2.43 bits per heavy atom. The summed E-state index contributed by atoms with van der Waals surface area (Å²) in [5.74, 6) is 1.15. The molecule has 4 rings (SSSR count). The number of ether oxygens (including phenoxy) is 2. The Labute approximate surface area is 162 Å². The molecule has 0 saturated carbocycles. The molecule has 0 spiro atoms. The molecule has 3 aromatic heterocycles. The van der Waals surface area contributed by atoms with Gasteiger partial charge in [-0.25, -0.2) is 4.98 Å². The van der Waals surface area contributed by atoms with Crippen LogP contribution in [0.4, 0.5) is 0 Å². The van der Waals surface area contributed by atoms with Gasteiger partial charge in [0.2, 0.25) is 0 Å². The fourth-order valence-electron chi connectivity index (χ4n) is 3.16. The zero-order valence-corrected chi connectivity index (χ0v) is 15.5. The molecule has 0 aliphatic rings. The minimum absolute atomic E-state index is 0.532. The largest absolute Gasteiger partial charge is 0.493 e. The van der Waals surface area contributed by atoms with Crippen LogP contribution in [0.5, 0.6) is 11.5 Å². The Morgan fingerprint density at radius 2 is 1.68 bits per heavy atom. The van der Waals surface area contributed by atoms with Gasteiger partial charge >= 0.3 is 0 Å². The Hall–Kier alpha value is -3.51. The van der Waals surface area contributed by atoms with Gasteiger partial charge in [0.15, 0.2) is 11.5 Å². The molecular weight excluding hydrogens is 354 g/mol. The maximum absolute atomic E-state index is 11.1. The van der Waals surface area contributed by atoms with Gasteiger partial charge in [-0.1, -0.05) is 6.07 Å². The van der Waals surface area contributed by atoms with Gasteiger partial charge in [-0.3, -0.25) is 9.97 Å². The summed E-state index contributed by atoms with van der Waals surface area (Å²) in [5.41, 5.74) is 3.58. The van der Waals surface area contributed by atoms with Crippen LogP contribution in [0, 0.1) is 0 Å². The van der Waals surface area contributed by atoms with Gasteiger partial charge in [-0.2, -0.15) is 0 Å². The maximum Gasteiger partial charge on any atom is 0.161 e. The van der Waals surface area contributed by atoms with Crippen molar-refractivity contribution in [2.45, 2.75) is 6.10 Å². The van der Waals surface area contributed by atoms with E-state index < -0.39 is 6.10 Å². The van der Waals surface area contributed by atoms with E-state index in [2.05, 4.69) is 9.97 Å². The van der Waals surface area contributed by atoms with Crippen LogP contribution in [0.25, 0.3) is 22.2 Å². The lowest BCUT2D eigenvalue weighted by molar-refractivity contribution is 0.216. The lowest BCUT2D eigenvalue weighted by Gasteiger charge is -2.16. The van der Waals surface area contributed by atoms with Crippen LogP contribution in [-0.4, -0.2) is 34.3 Å². The summed E-state index contributed by atoms with van der Waals surface area (Å²) in [6.45, 7) is 0. The molecule has 3 heterocycles. The van der Waals surface area contributed by atoms with Crippen LogP contribution in [0.3, 0.4) is 0 Å². The molecule has 0 radical (unpaired) electrons. The first-order valence-corrected chi connectivity index (χ1v) is 8.77. The summed E-state index contributed by atoms with van der Waals surface area (Å²) < 4.78 is 10.7. The molecule has 0 saturated heterocycles. The van der Waals surface area contributed by atoms with Crippen molar-refractivity contribution in [1.29, 1.82) is 0 Å². The molecule has 0 bridgehead atoms. The predicted octanol–water partition coefficient (Wildman–Crippen LogP) is 3.79. The molecule has 6 heteroatoms. The predicted molar refractivity (Wildman–Crippen MR) is 106 cm³/mol. The van der Waals surface area contributed by atoms with E-state index in [1.54, 1.807) is 51.0 Å². The van der Waals surface area contributed by atoms with E-state index >= 15 is 0 Å². The van der Waals surface area contributed by atoms with E-state index in [9.17, 15) is 5.11 Å². The van der Waals surface area contributed by atoms with E-state index in [1.807, 2.05) is 30.3 Å². The molecule has 0 fully saturated rings. The van der Waals surface area contributed by atoms with Crippen molar-refractivity contribution in [3.05, 3.63) is 78.4 Å². The lowest BCUT2D eigenvalue weighted by Crippen LogP contribution is -2.06. The highest BCUT2D eigenvalue weighted by Crippen LogP contribution is 2.34. The molecule has 0 amide bonds. The third-order valence-corrected chi connectivity index (χ3v) is 4.59. The average Bonchev–Trinajstić information content (AvgIpc) is 2.78. The summed E-state index contributed by atoms with van der Waals surface area (Å²) in [7, 11) is 3.14. The number of aliphatic hydroxyl groups is 1. The monoisotopic (exact) mass is 373 g/mol. The number of benzene rings is 1. The van der Waals surface area contributed by atoms with Crippen LogP contribution in [-0.2, 0) is 0 Å². The molecule has 6 nitrogen and oxygen atoms in total. The number of fused-ring (bicyclic) bond motifs is 1. The van der Waals surface area contributed by atoms with Crippen molar-refractivity contribution in [2.24, 2.45) is 0 Å². The van der Waals surface area contributed by atoms with E-state index in [4.69, 9.17) is 14.5 Å². The number of hydrogen-bond acceptors (Lipinski definition) is 6. The molecule has 28 heavy (non-hydrogen) atoms. The van der Waals surface area contributed by atoms with Crippen molar-refractivity contribution in [3.8, 4) is 22.8 Å². The second kappa shape index (κ2) is 7.62. The average molecular weight is 373 g/mol. The summed E-state index contributed by atoms with van der Waals surface area (Å²) >= 11 is 0. The topological polar surface area (TPSA) is 77.4 Å². The minimum atomic E-state index is -0.951. The number of pyridine rings is 3. The zero-order valence-electron chi connectivity index (χ0n) is 15.5. The standard InChI is InChI=1S/C22H19N3O3/c1-27-19-6-5-15(12-20(19)28-2)22(26)21-16-4-3-9-24-18(16)13-17(25-21)14-7-10-23-11-8-14/h3-13,22,26H,1-2H3. The lowest BCUT2D eigenvalue weighted by atomic mass is 10.0. The SMILES string of the molecule is COc1ccc(C(O)c2nc(-c3ccncc3)cc3ncccc23)cc1OC. The molecule has 0 aliphatic heterocycles. The van der Waals surface area contributed by atoms with Gasteiger partial charge in [-0.05, 0) is 48.0 Å². The second-order valence-corrected chi connectivity index (χ2v) is 6.22. The van der Waals surface area contributed by atoms with Gasteiger partial charge in [-0.15, -0.1) is 0 Å². The van der Waals surface area contributed by atoms with E-state index in [-0.39, 0.29) is 0 Å². The highest BCUT2D eigenvalue weighted by molar-refractivity contribution is 5.85. The molecule has 140 valence electrons. The summed E-state index contributed by atoms with van der Waals surface area (Å²) in [6, 6.07) is 14.7. The first-order chi connectivity index (χ1) is 13.7. The summed E-state index contributed by atoms with van der Waals surface area (Å²) in [5, 5.41) is 11.9. The van der Waals surface area contributed by atoms with Crippen LogP contribution >= 0.6 is 0 Å². The van der Waals surface area contributed by atoms with Gasteiger partial charge in [0.25, 0.3) is 0 Å². The number of aliphatic hydroxyl groups excluding tert-OH is 1. The minimum Gasteiger partial charge on any atom is -0.493 e. The Bertz CT molecular complexity index is 1120. The first kappa shape index (κ1) is 17.9. The maximum atomic E-state index is 11.1. The zero-order chi connectivity index (χ0) is 19.5. The number of aromatic nitrogens is 3. The van der Waals surface area contributed by atoms with Gasteiger partial charge < -0.3 is 14.6 Å². The fourth-order valence-corrected chi connectivity index (χ4v) is 3.16. The molecule has 0 aliphatic carbocycles. The number of hydrogen-bond donors (Lipinski definition) is 1. The van der Waals surface area contributed by atoms with Crippen molar-refractivity contribution < 1.29 is 14.6 Å². The Balaban J connectivity index is 1.87. The molecule has 1 unspecified atom stereocenters. The van der Waals surface area contributed by atoms with Crippen molar-refractivity contribution in [3.63, 3.8) is 0 Å². The number of methoxy groups -OCH3 is 2. The number of rotatable bonds is 5. The van der Waals surface area contributed by atoms with Crippen LogP contribution in [0.15, 0.2) is 67.1 Å². The van der Waals surface area contributed by atoms with E-state index in [0.717, 1.165) is 22.2 Å². The van der Waals surface area contributed by atoms with Crippen molar-refractivity contribution in [2.75, 3.05) is 14.2 Å². The normalized spacial score (nSPS) is 12.0. The molecule has 4 aromatic rings. The number of nitrogens with zero attached hydrogens (tertiary/aromatic N) is 3. The highest BCUT2D eigenvalue weighted by Gasteiger charge is 2.19. The van der Waals surface area contributed by atoms with Gasteiger partial charge in [0.1, 0.15) is 6.10 Å². The molecular formula is C22H19N3O3. The Kier molecular flexibility index (Phi) is 4.87. The Morgan fingerprint density at radius 1 is 0.893 bits per heavy atom. The molecule has 1 atom stereocenters. The van der Waals surface area contributed by atoms with Gasteiger partial charge in [0.05, 0.1) is 31.1 Å². The highest BCUT2D eigenvalue weighted by atomic mass is 16.5.